The van der Waals surface area contributed by atoms with Gasteiger partial charge < -0.3 is 20.8 Å². The summed E-state index contributed by atoms with van der Waals surface area (Å²) in [6.45, 7) is 0. The highest BCUT2D eigenvalue weighted by atomic mass is 31.2. The molecular formula is C12H12N3O5P. The van der Waals surface area contributed by atoms with Crippen LogP contribution >= 0.6 is 7.60 Å². The van der Waals surface area contributed by atoms with Crippen LogP contribution in [0.3, 0.4) is 0 Å². The van der Waals surface area contributed by atoms with E-state index in [1.807, 2.05) is 0 Å². The number of nitro benzene ring substituents is 1. The zero-order chi connectivity index (χ0) is 15.6. The number of non-ortho nitro benzene ring substituents is 1. The minimum atomic E-state index is -4.44. The molecule has 0 unspecified atom stereocenters. The Morgan fingerprint density at radius 1 is 1.14 bits per heavy atom. The maximum Gasteiger partial charge on any atom is 0.358 e. The predicted molar refractivity (Wildman–Crippen MR) is 78.9 cm³/mol. The smallest absolute Gasteiger partial charge is 0.358 e. The van der Waals surface area contributed by atoms with Crippen LogP contribution in [-0.4, -0.2) is 14.7 Å². The maximum atomic E-state index is 11.4. The minimum absolute atomic E-state index is 0.102. The van der Waals surface area contributed by atoms with Gasteiger partial charge in [0.05, 0.1) is 27.3 Å². The van der Waals surface area contributed by atoms with Crippen LogP contribution in [0.2, 0.25) is 0 Å². The van der Waals surface area contributed by atoms with Crippen molar-refractivity contribution in [2.24, 2.45) is 0 Å². The summed E-state index contributed by atoms with van der Waals surface area (Å²) in [7, 11) is -4.44. The van der Waals surface area contributed by atoms with Crippen LogP contribution in [0, 0.1) is 10.1 Å². The number of hydrogen-bond donors (Lipinski definition) is 4. The second kappa shape index (κ2) is 5.53. The topological polar surface area (TPSA) is 139 Å². The summed E-state index contributed by atoms with van der Waals surface area (Å²) < 4.78 is 11.4. The zero-order valence-corrected chi connectivity index (χ0v) is 11.5. The van der Waals surface area contributed by atoms with Crippen molar-refractivity contribution in [3.63, 3.8) is 0 Å². The van der Waals surface area contributed by atoms with E-state index in [-0.39, 0.29) is 22.4 Å². The van der Waals surface area contributed by atoms with E-state index in [1.165, 1.54) is 36.4 Å². The molecule has 2 rings (SSSR count). The average molecular weight is 309 g/mol. The summed E-state index contributed by atoms with van der Waals surface area (Å²) in [6, 6.07) is 9.67. The Kier molecular flexibility index (Phi) is 3.95. The molecule has 9 heteroatoms. The molecule has 0 radical (unpaired) electrons. The fourth-order valence-corrected chi connectivity index (χ4v) is 2.48. The minimum Gasteiger partial charge on any atom is -0.397 e. The van der Waals surface area contributed by atoms with Crippen LogP contribution in [0.4, 0.5) is 22.7 Å². The molecule has 0 aliphatic rings. The fraction of sp³-hybridized carbons (Fsp3) is 0. The molecule has 0 spiro atoms. The Labute approximate surface area is 119 Å². The number of nitrogens with one attached hydrogen (secondary N) is 1. The van der Waals surface area contributed by atoms with Crippen molar-refractivity contribution < 1.29 is 19.3 Å². The molecular weight excluding hydrogens is 297 g/mol. The standard InChI is InChI=1S/C12H12N3O5P/c13-9-7-8(15(16)17)5-6-10(9)14-11-3-1-2-4-12(11)21(18,19)20/h1-7,14H,13H2,(H2,18,19,20). The van der Waals surface area contributed by atoms with E-state index >= 15 is 0 Å². The number of nitro groups is 1. The molecule has 2 aromatic rings. The summed E-state index contributed by atoms with van der Waals surface area (Å²) >= 11 is 0. The number of hydrogen-bond acceptors (Lipinski definition) is 5. The van der Waals surface area contributed by atoms with Gasteiger partial charge >= 0.3 is 7.60 Å². The Bertz CT molecular complexity index is 743. The van der Waals surface area contributed by atoms with Gasteiger partial charge in [0.15, 0.2) is 0 Å². The number of nitrogens with zero attached hydrogens (tertiary/aromatic N) is 1. The van der Waals surface area contributed by atoms with Crippen molar-refractivity contribution >= 4 is 35.6 Å². The first-order chi connectivity index (χ1) is 9.79. The van der Waals surface area contributed by atoms with Crippen LogP contribution < -0.4 is 16.4 Å². The molecule has 0 aromatic heterocycles. The van der Waals surface area contributed by atoms with E-state index in [0.29, 0.717) is 5.69 Å². The van der Waals surface area contributed by atoms with E-state index in [0.717, 1.165) is 0 Å². The quantitative estimate of drug-likeness (QED) is 0.292. The molecule has 0 saturated carbocycles. The second-order valence-corrected chi connectivity index (χ2v) is 5.78. The molecule has 5 N–H and O–H groups in total. The van der Waals surface area contributed by atoms with Gasteiger partial charge in [-0.25, -0.2) is 0 Å². The first kappa shape index (κ1) is 15.0. The van der Waals surface area contributed by atoms with Gasteiger partial charge in [0.1, 0.15) is 0 Å². The summed E-state index contributed by atoms with van der Waals surface area (Å²) in [5, 5.41) is 13.2. The summed E-state index contributed by atoms with van der Waals surface area (Å²) in [5.41, 5.74) is 6.15. The average Bonchev–Trinajstić information content (AvgIpc) is 2.40. The van der Waals surface area contributed by atoms with Crippen LogP contribution in [0.1, 0.15) is 0 Å². The molecule has 0 fully saturated rings. The van der Waals surface area contributed by atoms with E-state index in [4.69, 9.17) is 5.73 Å². The lowest BCUT2D eigenvalue weighted by Crippen LogP contribution is -2.10. The highest BCUT2D eigenvalue weighted by Gasteiger charge is 2.21. The van der Waals surface area contributed by atoms with Gasteiger partial charge in [-0.2, -0.15) is 0 Å². The molecule has 0 aliphatic heterocycles. The molecule has 21 heavy (non-hydrogen) atoms. The third-order valence-electron chi connectivity index (χ3n) is 2.73. The number of nitrogen functional groups attached to an aromatic ring is 1. The largest absolute Gasteiger partial charge is 0.397 e. The number of nitrogens with two attached hydrogens (primary N) is 1. The van der Waals surface area contributed by atoms with E-state index < -0.39 is 12.5 Å². The van der Waals surface area contributed by atoms with Gasteiger partial charge in [0.2, 0.25) is 0 Å². The van der Waals surface area contributed by atoms with Crippen LogP contribution in [-0.2, 0) is 4.57 Å². The van der Waals surface area contributed by atoms with Crippen molar-refractivity contribution in [1.82, 2.24) is 0 Å². The Morgan fingerprint density at radius 2 is 1.81 bits per heavy atom. The molecule has 0 amide bonds. The lowest BCUT2D eigenvalue weighted by Gasteiger charge is -2.14. The molecule has 0 saturated heterocycles. The number of para-hydroxylation sites is 1. The molecule has 0 atom stereocenters. The highest BCUT2D eigenvalue weighted by molar-refractivity contribution is 7.60. The summed E-state index contributed by atoms with van der Waals surface area (Å²) in [5.74, 6) is 0. The third-order valence-corrected chi connectivity index (χ3v) is 3.75. The van der Waals surface area contributed by atoms with Gasteiger partial charge in [-0.1, -0.05) is 12.1 Å². The van der Waals surface area contributed by atoms with Crippen molar-refractivity contribution in [1.29, 1.82) is 0 Å². The van der Waals surface area contributed by atoms with Crippen LogP contribution in [0.25, 0.3) is 0 Å². The first-order valence-corrected chi connectivity index (χ1v) is 7.36. The Morgan fingerprint density at radius 3 is 2.38 bits per heavy atom. The molecule has 110 valence electrons. The number of benzene rings is 2. The van der Waals surface area contributed by atoms with Crippen molar-refractivity contribution in [3.05, 3.63) is 52.6 Å². The Hall–Kier alpha value is -2.41. The lowest BCUT2D eigenvalue weighted by atomic mass is 10.2. The molecule has 0 bridgehead atoms. The van der Waals surface area contributed by atoms with Gasteiger partial charge in [0.25, 0.3) is 5.69 Å². The second-order valence-electron chi connectivity index (χ2n) is 4.21. The number of rotatable bonds is 4. The molecule has 2 aromatic carbocycles. The maximum absolute atomic E-state index is 11.4. The zero-order valence-electron chi connectivity index (χ0n) is 10.6. The monoisotopic (exact) mass is 309 g/mol. The van der Waals surface area contributed by atoms with Gasteiger partial charge in [-0.3, -0.25) is 14.7 Å². The Balaban J connectivity index is 2.40. The van der Waals surface area contributed by atoms with Crippen molar-refractivity contribution in [2.75, 3.05) is 11.1 Å². The first-order valence-electron chi connectivity index (χ1n) is 5.75. The van der Waals surface area contributed by atoms with Gasteiger partial charge in [-0.15, -0.1) is 0 Å². The lowest BCUT2D eigenvalue weighted by molar-refractivity contribution is -0.384. The van der Waals surface area contributed by atoms with E-state index in [9.17, 15) is 24.5 Å². The van der Waals surface area contributed by atoms with Gasteiger partial charge in [0, 0.05) is 12.1 Å². The predicted octanol–water partition coefficient (Wildman–Crippen LogP) is 1.72. The molecule has 0 heterocycles. The van der Waals surface area contributed by atoms with Crippen molar-refractivity contribution in [2.45, 2.75) is 0 Å². The fourth-order valence-electron chi connectivity index (χ4n) is 1.76. The van der Waals surface area contributed by atoms with Gasteiger partial charge in [-0.05, 0) is 18.2 Å². The third kappa shape index (κ3) is 3.38. The van der Waals surface area contributed by atoms with Crippen molar-refractivity contribution in [3.8, 4) is 0 Å². The summed E-state index contributed by atoms with van der Waals surface area (Å²) in [4.78, 5) is 28.6. The van der Waals surface area contributed by atoms with Crippen LogP contribution in [0.15, 0.2) is 42.5 Å². The highest BCUT2D eigenvalue weighted by Crippen LogP contribution is 2.37. The summed E-state index contributed by atoms with van der Waals surface area (Å²) in [6.07, 6.45) is 0. The number of anilines is 3. The molecule has 8 nitrogen and oxygen atoms in total. The van der Waals surface area contributed by atoms with E-state index in [1.54, 1.807) is 6.07 Å². The van der Waals surface area contributed by atoms with Crippen LogP contribution in [0.5, 0.6) is 0 Å². The SMILES string of the molecule is Nc1cc([N+](=O)[O-])ccc1Nc1ccccc1P(=O)(O)O. The normalized spacial score (nSPS) is 11.1. The molecule has 0 aliphatic carbocycles. The van der Waals surface area contributed by atoms with E-state index in [2.05, 4.69) is 5.32 Å².